The molecule has 0 saturated heterocycles. The van der Waals surface area contributed by atoms with Crippen molar-refractivity contribution in [2.45, 2.75) is 31.6 Å². The van der Waals surface area contributed by atoms with Crippen LogP contribution in [-0.2, 0) is 16.3 Å². The maximum absolute atomic E-state index is 12.2. The van der Waals surface area contributed by atoms with E-state index in [-0.39, 0.29) is 4.90 Å². The number of aromatic nitrogens is 1. The number of carbonyl (C=O) groups excluding carboxylic acids is 1. The molecular formula is C24H29N3O3S. The lowest BCUT2D eigenvalue weighted by molar-refractivity contribution is 0.208. The van der Waals surface area contributed by atoms with Crippen LogP contribution < -0.4 is 5.73 Å². The molecule has 0 aliphatic carbocycles. The summed E-state index contributed by atoms with van der Waals surface area (Å²) in [6.45, 7) is 5.08. The minimum atomic E-state index is -3.35. The van der Waals surface area contributed by atoms with Gasteiger partial charge in [-0.15, -0.1) is 0 Å². The predicted octanol–water partition coefficient (Wildman–Crippen LogP) is 4.19. The zero-order chi connectivity index (χ0) is 22.6. The number of sulfone groups is 1. The summed E-state index contributed by atoms with van der Waals surface area (Å²) in [6.07, 6.45) is 4.64. The number of para-hydroxylation sites is 1. The van der Waals surface area contributed by atoms with E-state index in [1.807, 2.05) is 62.5 Å². The van der Waals surface area contributed by atoms with Gasteiger partial charge < -0.3 is 15.2 Å². The number of hydrogen-bond donors (Lipinski definition) is 1. The van der Waals surface area contributed by atoms with E-state index in [1.54, 1.807) is 17.0 Å². The third-order valence-electron chi connectivity index (χ3n) is 5.35. The molecule has 2 aromatic carbocycles. The lowest BCUT2D eigenvalue weighted by atomic mass is 10.0. The summed E-state index contributed by atoms with van der Waals surface area (Å²) < 4.78 is 26.5. The van der Waals surface area contributed by atoms with Gasteiger partial charge in [-0.2, -0.15) is 0 Å². The average molecular weight is 440 g/mol. The van der Waals surface area contributed by atoms with Crippen molar-refractivity contribution in [3.63, 3.8) is 0 Å². The molecule has 0 saturated carbocycles. The molecule has 2 amide bonds. The van der Waals surface area contributed by atoms with Crippen LogP contribution in [0.4, 0.5) is 4.79 Å². The fraction of sp³-hybridized carbons (Fsp3) is 0.292. The molecule has 6 nitrogen and oxygen atoms in total. The van der Waals surface area contributed by atoms with Crippen LogP contribution in [0.15, 0.2) is 65.7 Å². The van der Waals surface area contributed by atoms with Gasteiger partial charge in [0.1, 0.15) is 0 Å². The summed E-state index contributed by atoms with van der Waals surface area (Å²) >= 11 is 0. The second kappa shape index (κ2) is 9.39. The summed E-state index contributed by atoms with van der Waals surface area (Å²) in [7, 11) is -3.35. The van der Waals surface area contributed by atoms with E-state index in [4.69, 9.17) is 5.73 Å². The van der Waals surface area contributed by atoms with Gasteiger partial charge in [0.2, 0.25) is 0 Å². The zero-order valence-corrected chi connectivity index (χ0v) is 19.0. The molecule has 3 aromatic rings. The van der Waals surface area contributed by atoms with Crippen LogP contribution in [0.1, 0.15) is 24.5 Å². The number of amides is 2. The first kappa shape index (κ1) is 22.6. The van der Waals surface area contributed by atoms with Crippen LogP contribution in [0.25, 0.3) is 16.9 Å². The zero-order valence-electron chi connectivity index (χ0n) is 18.2. The predicted molar refractivity (Wildman–Crippen MR) is 124 cm³/mol. The Morgan fingerprint density at radius 2 is 1.77 bits per heavy atom. The van der Waals surface area contributed by atoms with Crippen LogP contribution in [0.3, 0.4) is 0 Å². The largest absolute Gasteiger partial charge is 0.351 e. The number of nitrogens with zero attached hydrogens (tertiary/aromatic N) is 2. The molecule has 7 heteroatoms. The molecular weight excluding hydrogens is 410 g/mol. The van der Waals surface area contributed by atoms with Gasteiger partial charge in [0.25, 0.3) is 0 Å². The Labute approximate surface area is 184 Å². The number of rotatable bonds is 8. The van der Waals surface area contributed by atoms with Crippen molar-refractivity contribution in [3.05, 3.63) is 71.9 Å². The number of aryl methyl sites for hydroxylation is 1. The number of urea groups is 1. The SMILES string of the molecule is CCCN(CCc1ccn(-c2ccccc2)c1-c1cc(S(C)(=O)=O)ccc1C)C(N)=O. The van der Waals surface area contributed by atoms with E-state index in [1.165, 1.54) is 6.26 Å². The van der Waals surface area contributed by atoms with Gasteiger partial charge in [-0.05, 0) is 61.2 Å². The van der Waals surface area contributed by atoms with Crippen molar-refractivity contribution in [3.8, 4) is 16.9 Å². The van der Waals surface area contributed by atoms with Crippen LogP contribution in [0, 0.1) is 6.92 Å². The lowest BCUT2D eigenvalue weighted by Gasteiger charge is -2.20. The molecule has 0 spiro atoms. The van der Waals surface area contributed by atoms with Crippen molar-refractivity contribution in [2.75, 3.05) is 19.3 Å². The second-order valence-electron chi connectivity index (χ2n) is 7.72. The maximum Gasteiger partial charge on any atom is 0.314 e. The highest BCUT2D eigenvalue weighted by Crippen LogP contribution is 2.33. The molecule has 3 rings (SSSR count). The summed E-state index contributed by atoms with van der Waals surface area (Å²) in [4.78, 5) is 13.7. The number of benzene rings is 2. The van der Waals surface area contributed by atoms with Crippen molar-refractivity contribution in [2.24, 2.45) is 5.73 Å². The van der Waals surface area contributed by atoms with E-state index < -0.39 is 15.9 Å². The monoisotopic (exact) mass is 439 g/mol. The highest BCUT2D eigenvalue weighted by Gasteiger charge is 2.19. The Morgan fingerprint density at radius 3 is 2.39 bits per heavy atom. The molecule has 0 atom stereocenters. The van der Waals surface area contributed by atoms with E-state index in [2.05, 4.69) is 4.57 Å². The number of primary amides is 1. The van der Waals surface area contributed by atoms with Gasteiger partial charge in [-0.1, -0.05) is 31.2 Å². The molecule has 0 fully saturated rings. The van der Waals surface area contributed by atoms with E-state index >= 15 is 0 Å². The Bertz CT molecular complexity index is 1170. The Balaban J connectivity index is 2.13. The molecule has 0 bridgehead atoms. The Kier molecular flexibility index (Phi) is 6.85. The van der Waals surface area contributed by atoms with Gasteiger partial charge in [-0.3, -0.25) is 0 Å². The molecule has 1 aromatic heterocycles. The minimum absolute atomic E-state index is 0.282. The average Bonchev–Trinajstić information content (AvgIpc) is 3.14. The van der Waals surface area contributed by atoms with E-state index in [9.17, 15) is 13.2 Å². The van der Waals surface area contributed by atoms with Gasteiger partial charge in [0, 0.05) is 36.8 Å². The van der Waals surface area contributed by atoms with Gasteiger partial charge >= 0.3 is 6.03 Å². The van der Waals surface area contributed by atoms with Crippen molar-refractivity contribution in [1.29, 1.82) is 0 Å². The molecule has 1 heterocycles. The first-order valence-corrected chi connectivity index (χ1v) is 12.2. The van der Waals surface area contributed by atoms with Crippen LogP contribution in [0.5, 0.6) is 0 Å². The molecule has 0 radical (unpaired) electrons. The maximum atomic E-state index is 12.2. The molecule has 31 heavy (non-hydrogen) atoms. The summed E-state index contributed by atoms with van der Waals surface area (Å²) in [5.41, 5.74) is 10.3. The van der Waals surface area contributed by atoms with Crippen LogP contribution in [0.2, 0.25) is 0 Å². The standard InChI is InChI=1S/C24H29N3O3S/c1-4-14-26(24(25)28)15-12-19-13-16-27(20-8-6-5-7-9-20)23(19)22-17-21(31(3,29)30)11-10-18(22)2/h5-11,13,16-17H,4,12,14-15H2,1-3H3,(H2,25,28). The van der Waals surface area contributed by atoms with Gasteiger partial charge in [0.05, 0.1) is 10.6 Å². The van der Waals surface area contributed by atoms with Crippen LogP contribution in [-0.4, -0.2) is 43.3 Å². The van der Waals surface area contributed by atoms with Gasteiger partial charge in [0.15, 0.2) is 9.84 Å². The number of carbonyl (C=O) groups is 1. The Hall–Kier alpha value is -3.06. The van der Waals surface area contributed by atoms with E-state index in [0.29, 0.717) is 19.5 Å². The minimum Gasteiger partial charge on any atom is -0.351 e. The lowest BCUT2D eigenvalue weighted by Crippen LogP contribution is -2.37. The van der Waals surface area contributed by atoms with Crippen molar-refractivity contribution in [1.82, 2.24) is 9.47 Å². The molecule has 0 unspecified atom stereocenters. The molecule has 0 aliphatic rings. The molecule has 0 aliphatic heterocycles. The number of hydrogen-bond acceptors (Lipinski definition) is 3. The third-order valence-corrected chi connectivity index (χ3v) is 6.46. The van der Waals surface area contributed by atoms with Crippen molar-refractivity contribution >= 4 is 15.9 Å². The Morgan fingerprint density at radius 1 is 1.06 bits per heavy atom. The third kappa shape index (κ3) is 5.17. The van der Waals surface area contributed by atoms with Crippen molar-refractivity contribution < 1.29 is 13.2 Å². The van der Waals surface area contributed by atoms with Crippen LogP contribution >= 0.6 is 0 Å². The smallest absolute Gasteiger partial charge is 0.314 e. The highest BCUT2D eigenvalue weighted by molar-refractivity contribution is 7.90. The quantitative estimate of drug-likeness (QED) is 0.571. The molecule has 2 N–H and O–H groups in total. The topological polar surface area (TPSA) is 85.4 Å². The first-order chi connectivity index (χ1) is 14.7. The van der Waals surface area contributed by atoms with E-state index in [0.717, 1.165) is 34.5 Å². The summed E-state index contributed by atoms with van der Waals surface area (Å²) in [6, 6.07) is 16.7. The molecule has 164 valence electrons. The first-order valence-electron chi connectivity index (χ1n) is 10.3. The second-order valence-corrected chi connectivity index (χ2v) is 9.74. The normalized spacial score (nSPS) is 11.5. The summed E-state index contributed by atoms with van der Waals surface area (Å²) in [5, 5.41) is 0. The van der Waals surface area contributed by atoms with Gasteiger partial charge in [-0.25, -0.2) is 13.2 Å². The summed E-state index contributed by atoms with van der Waals surface area (Å²) in [5.74, 6) is 0. The fourth-order valence-corrected chi connectivity index (χ4v) is 4.37. The fourth-order valence-electron chi connectivity index (χ4n) is 3.73. The highest BCUT2D eigenvalue weighted by atomic mass is 32.2. The number of nitrogens with two attached hydrogens (primary N) is 1.